The van der Waals surface area contributed by atoms with Gasteiger partial charge in [-0.05, 0) is 22.0 Å². The summed E-state index contributed by atoms with van der Waals surface area (Å²) in [6.07, 6.45) is 1.75. The number of halogens is 1. The molecule has 1 aromatic heterocycles. The van der Waals surface area contributed by atoms with Gasteiger partial charge in [-0.15, -0.1) is 0 Å². The van der Waals surface area contributed by atoms with Crippen LogP contribution in [-0.2, 0) is 0 Å². The van der Waals surface area contributed by atoms with Crippen LogP contribution in [0.3, 0.4) is 0 Å². The van der Waals surface area contributed by atoms with Crippen LogP contribution in [0.1, 0.15) is 0 Å². The third kappa shape index (κ3) is 2.49. The van der Waals surface area contributed by atoms with E-state index in [1.807, 2.05) is 6.07 Å². The zero-order chi connectivity index (χ0) is 4.41. The summed E-state index contributed by atoms with van der Waals surface area (Å²) in [5.74, 6) is 0. The number of hydrogen-bond donors (Lipinski definition) is 1. The van der Waals surface area contributed by atoms with E-state index in [1.54, 1.807) is 6.20 Å². The first kappa shape index (κ1) is 7.69. The third-order valence-electron chi connectivity index (χ3n) is 0.467. The van der Waals surface area contributed by atoms with Gasteiger partial charge in [-0.25, -0.2) is 0 Å². The van der Waals surface area contributed by atoms with E-state index in [0.29, 0.717) is 0 Å². The molecule has 0 amide bonds. The van der Waals surface area contributed by atoms with Crippen LogP contribution in [0.15, 0.2) is 16.9 Å². The molecule has 34 valence electrons. The van der Waals surface area contributed by atoms with E-state index < -0.39 is 0 Å². The van der Waals surface area contributed by atoms with Gasteiger partial charge in [-0.2, -0.15) is 5.10 Å². The standard InChI is InChI=1S/C3H3BrN2.Na.H/c4-3-1-2-5-6-3;;/h1-2H,(H,5,6);;. The second kappa shape index (κ2) is 3.66. The molecule has 1 aromatic rings. The number of nitrogens with one attached hydrogen (secondary N) is 1. The van der Waals surface area contributed by atoms with Gasteiger partial charge in [-0.3, -0.25) is 5.10 Å². The summed E-state index contributed by atoms with van der Waals surface area (Å²) in [7, 11) is 0. The topological polar surface area (TPSA) is 28.7 Å². The molecule has 0 spiro atoms. The van der Waals surface area contributed by atoms with Crippen molar-refractivity contribution in [3.8, 4) is 0 Å². The minimum absolute atomic E-state index is 0. The molecular formula is C3H4BrN2Na. The Hall–Kier alpha value is 0.690. The van der Waals surface area contributed by atoms with Crippen LogP contribution in [-0.4, -0.2) is 39.8 Å². The van der Waals surface area contributed by atoms with Crippen LogP contribution >= 0.6 is 15.9 Å². The van der Waals surface area contributed by atoms with Gasteiger partial charge in [-0.1, -0.05) is 0 Å². The molecule has 0 saturated carbocycles. The SMILES string of the molecule is Brc1cc[nH]n1.[NaH]. The van der Waals surface area contributed by atoms with Gasteiger partial charge < -0.3 is 0 Å². The Morgan fingerprint density at radius 1 is 1.71 bits per heavy atom. The maximum absolute atomic E-state index is 3.71. The zero-order valence-electron chi connectivity index (χ0n) is 2.98. The van der Waals surface area contributed by atoms with Crippen LogP contribution in [0.4, 0.5) is 0 Å². The van der Waals surface area contributed by atoms with Gasteiger partial charge in [0.1, 0.15) is 4.60 Å². The van der Waals surface area contributed by atoms with Crippen molar-refractivity contribution in [2.24, 2.45) is 0 Å². The Labute approximate surface area is 72.1 Å². The number of H-pyrrole nitrogens is 1. The first-order chi connectivity index (χ1) is 2.89. The van der Waals surface area contributed by atoms with Gasteiger partial charge in [0.25, 0.3) is 0 Å². The Bertz CT molecular complexity index is 116. The number of hydrogen-bond acceptors (Lipinski definition) is 1. The maximum atomic E-state index is 3.71. The number of aromatic amines is 1. The Balaban J connectivity index is 0.000000360. The summed E-state index contributed by atoms with van der Waals surface area (Å²) in [5, 5.41) is 6.34. The van der Waals surface area contributed by atoms with Crippen LogP contribution < -0.4 is 0 Å². The normalized spacial score (nSPS) is 7.57. The van der Waals surface area contributed by atoms with Gasteiger partial charge in [0.15, 0.2) is 0 Å². The second-order valence-electron chi connectivity index (χ2n) is 0.897. The Kier molecular flexibility index (Phi) is 4.02. The molecule has 0 fully saturated rings. The van der Waals surface area contributed by atoms with Gasteiger partial charge in [0.2, 0.25) is 0 Å². The number of aromatic nitrogens is 2. The first-order valence-corrected chi connectivity index (χ1v) is 2.34. The molecule has 0 aliphatic rings. The van der Waals surface area contributed by atoms with Crippen molar-refractivity contribution < 1.29 is 0 Å². The molecule has 4 heteroatoms. The molecule has 7 heavy (non-hydrogen) atoms. The fourth-order valence-electron chi connectivity index (χ4n) is 0.242. The van der Waals surface area contributed by atoms with E-state index in [1.165, 1.54) is 0 Å². The molecule has 0 bridgehead atoms. The molecule has 0 radical (unpaired) electrons. The van der Waals surface area contributed by atoms with E-state index >= 15 is 0 Å². The van der Waals surface area contributed by atoms with Crippen LogP contribution in [0, 0.1) is 0 Å². The van der Waals surface area contributed by atoms with E-state index in [0.717, 1.165) is 4.60 Å². The predicted octanol–water partition coefficient (Wildman–Crippen LogP) is 0.524. The Morgan fingerprint density at radius 3 is 2.57 bits per heavy atom. The van der Waals surface area contributed by atoms with Crippen LogP contribution in [0.2, 0.25) is 0 Å². The molecule has 0 atom stereocenters. The Morgan fingerprint density at radius 2 is 2.43 bits per heavy atom. The van der Waals surface area contributed by atoms with E-state index in [9.17, 15) is 0 Å². The molecule has 1 N–H and O–H groups in total. The molecule has 0 saturated heterocycles. The van der Waals surface area contributed by atoms with E-state index in [-0.39, 0.29) is 29.6 Å². The van der Waals surface area contributed by atoms with Crippen molar-refractivity contribution in [2.45, 2.75) is 0 Å². The molecule has 0 aliphatic heterocycles. The van der Waals surface area contributed by atoms with Gasteiger partial charge >= 0.3 is 29.6 Å². The van der Waals surface area contributed by atoms with Crippen molar-refractivity contribution in [1.29, 1.82) is 0 Å². The molecule has 2 nitrogen and oxygen atoms in total. The molecule has 1 heterocycles. The molecular weight excluding hydrogens is 167 g/mol. The van der Waals surface area contributed by atoms with Gasteiger partial charge in [0, 0.05) is 6.20 Å². The van der Waals surface area contributed by atoms with Crippen molar-refractivity contribution in [1.82, 2.24) is 10.2 Å². The molecule has 1 rings (SSSR count). The number of nitrogens with zero attached hydrogens (tertiary/aromatic N) is 1. The average Bonchev–Trinajstić information content (AvgIpc) is 1.86. The monoisotopic (exact) mass is 170 g/mol. The minimum atomic E-state index is 0. The molecule has 0 aromatic carbocycles. The summed E-state index contributed by atoms with van der Waals surface area (Å²) in [4.78, 5) is 0. The fourth-order valence-corrected chi connectivity index (χ4v) is 0.477. The zero-order valence-corrected chi connectivity index (χ0v) is 4.57. The van der Waals surface area contributed by atoms with Crippen molar-refractivity contribution >= 4 is 45.5 Å². The second-order valence-corrected chi connectivity index (χ2v) is 1.71. The quantitative estimate of drug-likeness (QED) is 0.566. The first-order valence-electron chi connectivity index (χ1n) is 1.55. The summed E-state index contributed by atoms with van der Waals surface area (Å²) < 4.78 is 0.850. The summed E-state index contributed by atoms with van der Waals surface area (Å²) in [6.45, 7) is 0. The van der Waals surface area contributed by atoms with Crippen molar-refractivity contribution in [2.75, 3.05) is 0 Å². The molecule has 0 aliphatic carbocycles. The predicted molar refractivity (Wildman–Crippen MR) is 33.4 cm³/mol. The fraction of sp³-hybridized carbons (Fsp3) is 0. The average molecular weight is 171 g/mol. The van der Waals surface area contributed by atoms with Crippen LogP contribution in [0.25, 0.3) is 0 Å². The van der Waals surface area contributed by atoms with E-state index in [4.69, 9.17) is 0 Å². The summed E-state index contributed by atoms with van der Waals surface area (Å²) in [6, 6.07) is 1.83. The van der Waals surface area contributed by atoms with Gasteiger partial charge in [0.05, 0.1) is 0 Å². The number of rotatable bonds is 0. The summed E-state index contributed by atoms with van der Waals surface area (Å²) in [5.41, 5.74) is 0. The van der Waals surface area contributed by atoms with Crippen LogP contribution in [0.5, 0.6) is 0 Å². The molecule has 0 unspecified atom stereocenters. The summed E-state index contributed by atoms with van der Waals surface area (Å²) >= 11 is 3.14. The third-order valence-corrected chi connectivity index (χ3v) is 0.908. The van der Waals surface area contributed by atoms with Crippen molar-refractivity contribution in [3.05, 3.63) is 16.9 Å². The van der Waals surface area contributed by atoms with E-state index in [2.05, 4.69) is 26.1 Å². The van der Waals surface area contributed by atoms with Crippen molar-refractivity contribution in [3.63, 3.8) is 0 Å².